The standard InChI is InChI=1S/C11H9ClFNO/c1-3-9-8(4-7(2)12)5-14-11(13)10(9)6-15/h3-6H,2H2,1H3/b8-4-,9-3+. The predicted octanol–water partition coefficient (Wildman–Crippen LogP) is 1.37. The monoisotopic (exact) mass is 225 g/mol. The van der Waals surface area contributed by atoms with Crippen molar-refractivity contribution in [1.82, 2.24) is 4.98 Å². The van der Waals surface area contributed by atoms with E-state index >= 15 is 0 Å². The highest BCUT2D eigenvalue weighted by Crippen LogP contribution is 1.97. The van der Waals surface area contributed by atoms with Gasteiger partial charge in [0.05, 0.1) is 5.56 Å². The molecule has 0 aliphatic heterocycles. The summed E-state index contributed by atoms with van der Waals surface area (Å²) >= 11 is 5.60. The van der Waals surface area contributed by atoms with Crippen LogP contribution in [-0.2, 0) is 0 Å². The van der Waals surface area contributed by atoms with Crippen LogP contribution in [-0.4, -0.2) is 11.3 Å². The fourth-order valence-electron chi connectivity index (χ4n) is 1.25. The van der Waals surface area contributed by atoms with Crippen LogP contribution in [0.3, 0.4) is 0 Å². The molecule has 0 amide bonds. The maximum Gasteiger partial charge on any atom is 0.224 e. The van der Waals surface area contributed by atoms with Gasteiger partial charge in [-0.25, -0.2) is 4.98 Å². The van der Waals surface area contributed by atoms with Gasteiger partial charge in [-0.2, -0.15) is 4.39 Å². The molecule has 0 saturated heterocycles. The van der Waals surface area contributed by atoms with Crippen LogP contribution in [0.25, 0.3) is 12.2 Å². The smallest absolute Gasteiger partial charge is 0.224 e. The molecule has 0 radical (unpaired) electrons. The van der Waals surface area contributed by atoms with Gasteiger partial charge in [0.2, 0.25) is 5.95 Å². The molecule has 0 spiro atoms. The van der Waals surface area contributed by atoms with Crippen molar-refractivity contribution < 1.29 is 9.18 Å². The lowest BCUT2D eigenvalue weighted by atomic mass is 10.2. The summed E-state index contributed by atoms with van der Waals surface area (Å²) in [6, 6.07) is 0. The molecule has 0 bridgehead atoms. The van der Waals surface area contributed by atoms with Crippen molar-refractivity contribution in [3.05, 3.63) is 39.8 Å². The van der Waals surface area contributed by atoms with E-state index < -0.39 is 5.95 Å². The van der Waals surface area contributed by atoms with Gasteiger partial charge in [0, 0.05) is 16.4 Å². The number of hydrogen-bond acceptors (Lipinski definition) is 2. The number of allylic oxidation sites excluding steroid dienone is 1. The highest BCUT2D eigenvalue weighted by molar-refractivity contribution is 6.33. The minimum atomic E-state index is -0.782. The van der Waals surface area contributed by atoms with Gasteiger partial charge >= 0.3 is 0 Å². The van der Waals surface area contributed by atoms with Crippen LogP contribution in [0, 0.1) is 5.95 Å². The Morgan fingerprint density at radius 2 is 2.33 bits per heavy atom. The minimum Gasteiger partial charge on any atom is -0.298 e. The molecule has 0 unspecified atom stereocenters. The van der Waals surface area contributed by atoms with Crippen LogP contribution >= 0.6 is 11.6 Å². The number of hydrogen-bond donors (Lipinski definition) is 0. The number of carbonyl (C=O) groups is 1. The largest absolute Gasteiger partial charge is 0.298 e. The fraction of sp³-hybridized carbons (Fsp3) is 0.0909. The summed E-state index contributed by atoms with van der Waals surface area (Å²) in [5, 5.41) is 1.34. The SMILES string of the molecule is C=C(Cl)/C=c1/cnc(F)c(C=O)/c1=C/C. The third kappa shape index (κ3) is 2.50. The van der Waals surface area contributed by atoms with E-state index in [1.807, 2.05) is 0 Å². The molecule has 0 aromatic carbocycles. The molecule has 0 N–H and O–H groups in total. The molecule has 0 fully saturated rings. The first-order valence-electron chi connectivity index (χ1n) is 4.22. The number of carbonyl (C=O) groups excluding carboxylic acids is 1. The molecule has 0 aliphatic carbocycles. The maximum atomic E-state index is 13.1. The molecule has 1 rings (SSSR count). The molecule has 78 valence electrons. The Morgan fingerprint density at radius 1 is 1.67 bits per heavy atom. The summed E-state index contributed by atoms with van der Waals surface area (Å²) in [4.78, 5) is 14.1. The van der Waals surface area contributed by atoms with E-state index in [4.69, 9.17) is 11.6 Å². The van der Waals surface area contributed by atoms with Gasteiger partial charge in [0.15, 0.2) is 6.29 Å². The van der Waals surface area contributed by atoms with Crippen molar-refractivity contribution in [2.45, 2.75) is 6.92 Å². The second-order valence-electron chi connectivity index (χ2n) is 2.83. The van der Waals surface area contributed by atoms with Gasteiger partial charge in [-0.05, 0) is 18.2 Å². The summed E-state index contributed by atoms with van der Waals surface area (Å²) in [5.41, 5.74) is -0.0656. The van der Waals surface area contributed by atoms with E-state index in [1.54, 1.807) is 13.0 Å². The average molecular weight is 226 g/mol. The van der Waals surface area contributed by atoms with Crippen LogP contribution < -0.4 is 10.4 Å². The van der Waals surface area contributed by atoms with Crippen LogP contribution in [0.4, 0.5) is 4.39 Å². The molecule has 0 aliphatic rings. The van der Waals surface area contributed by atoms with E-state index in [9.17, 15) is 9.18 Å². The van der Waals surface area contributed by atoms with Gasteiger partial charge in [-0.15, -0.1) is 0 Å². The summed E-state index contributed by atoms with van der Waals surface area (Å²) in [5.74, 6) is -0.782. The quantitative estimate of drug-likeness (QED) is 0.562. The maximum absolute atomic E-state index is 13.1. The van der Waals surface area contributed by atoms with E-state index in [-0.39, 0.29) is 5.56 Å². The molecule has 1 aromatic rings. The first-order chi connectivity index (χ1) is 7.10. The Labute approximate surface area is 91.4 Å². The lowest BCUT2D eigenvalue weighted by molar-refractivity contribution is 0.111. The highest BCUT2D eigenvalue weighted by Gasteiger charge is 2.04. The molecule has 15 heavy (non-hydrogen) atoms. The van der Waals surface area contributed by atoms with Gasteiger partial charge in [-0.3, -0.25) is 4.79 Å². The summed E-state index contributed by atoms with van der Waals surface area (Å²) in [7, 11) is 0. The van der Waals surface area contributed by atoms with Crippen molar-refractivity contribution in [2.24, 2.45) is 0 Å². The highest BCUT2D eigenvalue weighted by atomic mass is 35.5. The van der Waals surface area contributed by atoms with Crippen LogP contribution in [0.2, 0.25) is 0 Å². The Bertz CT molecular complexity index is 522. The Balaban J connectivity index is 3.73. The zero-order valence-corrected chi connectivity index (χ0v) is 8.88. The first kappa shape index (κ1) is 11.6. The first-order valence-corrected chi connectivity index (χ1v) is 4.60. The number of pyridine rings is 1. The van der Waals surface area contributed by atoms with Gasteiger partial charge < -0.3 is 0 Å². The summed E-state index contributed by atoms with van der Waals surface area (Å²) in [6.45, 7) is 5.19. The van der Waals surface area contributed by atoms with Crippen molar-refractivity contribution in [3.8, 4) is 0 Å². The Morgan fingerprint density at radius 3 is 2.80 bits per heavy atom. The van der Waals surface area contributed by atoms with Gasteiger partial charge in [0.1, 0.15) is 0 Å². The molecule has 0 atom stereocenters. The van der Waals surface area contributed by atoms with E-state index in [0.29, 0.717) is 21.8 Å². The van der Waals surface area contributed by atoms with Crippen molar-refractivity contribution in [3.63, 3.8) is 0 Å². The van der Waals surface area contributed by atoms with Gasteiger partial charge in [-0.1, -0.05) is 24.3 Å². The molecule has 2 nitrogen and oxygen atoms in total. The Hall–Kier alpha value is -1.48. The van der Waals surface area contributed by atoms with Crippen molar-refractivity contribution in [2.75, 3.05) is 0 Å². The lowest BCUT2D eigenvalue weighted by Gasteiger charge is -1.96. The zero-order chi connectivity index (χ0) is 11.4. The number of aldehydes is 1. The normalized spacial score (nSPS) is 13.0. The van der Waals surface area contributed by atoms with Crippen molar-refractivity contribution in [1.29, 1.82) is 0 Å². The topological polar surface area (TPSA) is 30.0 Å². The number of halogens is 2. The molecular weight excluding hydrogens is 217 g/mol. The second kappa shape index (κ2) is 4.84. The van der Waals surface area contributed by atoms with E-state index in [0.717, 1.165) is 0 Å². The van der Waals surface area contributed by atoms with Crippen molar-refractivity contribution >= 4 is 30.0 Å². The molecule has 1 aromatic heterocycles. The third-order valence-electron chi connectivity index (χ3n) is 1.86. The number of nitrogens with zero attached hydrogens (tertiary/aromatic N) is 1. The second-order valence-corrected chi connectivity index (χ2v) is 3.31. The van der Waals surface area contributed by atoms with Gasteiger partial charge in [0.25, 0.3) is 0 Å². The fourth-order valence-corrected chi connectivity index (χ4v) is 1.37. The zero-order valence-electron chi connectivity index (χ0n) is 8.13. The number of rotatable bonds is 2. The summed E-state index contributed by atoms with van der Waals surface area (Å²) in [6.07, 6.45) is 4.90. The van der Waals surface area contributed by atoms with E-state index in [2.05, 4.69) is 11.6 Å². The molecular formula is C11H9ClFNO. The minimum absolute atomic E-state index is 0.0656. The van der Waals surface area contributed by atoms with Crippen LogP contribution in [0.5, 0.6) is 0 Å². The molecule has 0 saturated carbocycles. The average Bonchev–Trinajstić information content (AvgIpc) is 2.19. The third-order valence-corrected chi connectivity index (χ3v) is 1.97. The molecule has 1 heterocycles. The number of aromatic nitrogens is 1. The Kier molecular flexibility index (Phi) is 3.74. The predicted molar refractivity (Wildman–Crippen MR) is 58.4 cm³/mol. The van der Waals surface area contributed by atoms with Crippen LogP contribution in [0.15, 0.2) is 17.8 Å². The summed E-state index contributed by atoms with van der Waals surface area (Å²) < 4.78 is 13.1. The van der Waals surface area contributed by atoms with E-state index in [1.165, 1.54) is 12.3 Å². The lowest BCUT2D eigenvalue weighted by Crippen LogP contribution is -2.30. The molecule has 4 heteroatoms. The van der Waals surface area contributed by atoms with Crippen LogP contribution in [0.1, 0.15) is 17.3 Å².